The molecule has 8 nitrogen and oxygen atoms in total. The van der Waals surface area contributed by atoms with E-state index in [1.54, 1.807) is 5.51 Å². The SMILES string of the molecule is CN(C)c1ccc(N=Nc2scn[n+]2CCCS(=O)(=O)[O-])cc1. The van der Waals surface area contributed by atoms with Gasteiger partial charge in [-0.2, -0.15) is 0 Å². The summed E-state index contributed by atoms with van der Waals surface area (Å²) in [7, 11) is -0.288. The molecule has 0 bridgehead atoms. The van der Waals surface area contributed by atoms with E-state index in [0.717, 1.165) is 5.69 Å². The van der Waals surface area contributed by atoms with Crippen molar-refractivity contribution >= 4 is 38.0 Å². The number of benzene rings is 1. The maximum absolute atomic E-state index is 10.6. The Hall–Kier alpha value is -1.91. The van der Waals surface area contributed by atoms with Gasteiger partial charge in [-0.3, -0.25) is 0 Å². The molecule has 23 heavy (non-hydrogen) atoms. The van der Waals surface area contributed by atoms with E-state index < -0.39 is 15.9 Å². The predicted octanol–water partition coefficient (Wildman–Crippen LogP) is 1.85. The van der Waals surface area contributed by atoms with Crippen LogP contribution in [0.1, 0.15) is 6.42 Å². The van der Waals surface area contributed by atoms with Crippen LogP contribution < -0.4 is 9.58 Å². The second-order valence-corrected chi connectivity index (χ2v) is 7.31. The summed E-state index contributed by atoms with van der Waals surface area (Å²) >= 11 is 1.29. The Morgan fingerprint density at radius 1 is 1.26 bits per heavy atom. The number of anilines is 1. The van der Waals surface area contributed by atoms with Crippen LogP contribution in [-0.2, 0) is 16.7 Å². The lowest BCUT2D eigenvalue weighted by atomic mass is 10.3. The summed E-state index contributed by atoms with van der Waals surface area (Å²) in [5, 5.41) is 12.9. The lowest BCUT2D eigenvalue weighted by Gasteiger charge is -2.11. The van der Waals surface area contributed by atoms with E-state index in [0.29, 0.717) is 17.4 Å². The molecular weight excluding hydrogens is 338 g/mol. The van der Waals surface area contributed by atoms with Crippen molar-refractivity contribution in [3.63, 3.8) is 0 Å². The molecule has 0 atom stereocenters. The normalized spacial score (nSPS) is 12.0. The van der Waals surface area contributed by atoms with E-state index in [-0.39, 0.29) is 6.42 Å². The van der Waals surface area contributed by atoms with Gasteiger partial charge in [0.1, 0.15) is 17.7 Å². The predicted molar refractivity (Wildman–Crippen MR) is 86.4 cm³/mol. The van der Waals surface area contributed by atoms with Gasteiger partial charge in [0.15, 0.2) is 0 Å². The van der Waals surface area contributed by atoms with Crippen molar-refractivity contribution in [2.75, 3.05) is 24.7 Å². The molecule has 0 saturated heterocycles. The van der Waals surface area contributed by atoms with Gasteiger partial charge < -0.3 is 9.45 Å². The Balaban J connectivity index is 2.01. The largest absolute Gasteiger partial charge is 0.748 e. The lowest BCUT2D eigenvalue weighted by Crippen LogP contribution is -2.36. The average Bonchev–Trinajstić information content (AvgIpc) is 2.92. The molecule has 1 aromatic heterocycles. The fourth-order valence-corrected chi connectivity index (χ4v) is 2.86. The molecule has 0 amide bonds. The number of nitrogens with zero attached hydrogens (tertiary/aromatic N) is 5. The summed E-state index contributed by atoms with van der Waals surface area (Å²) in [6.45, 7) is 0.304. The first-order valence-corrected chi connectivity index (χ1v) is 9.27. The molecule has 0 N–H and O–H groups in total. The molecule has 0 unspecified atom stereocenters. The topological polar surface area (TPSA) is 102 Å². The van der Waals surface area contributed by atoms with Gasteiger partial charge in [0.05, 0.1) is 15.2 Å². The molecule has 1 aromatic carbocycles. The molecule has 0 aliphatic rings. The summed E-state index contributed by atoms with van der Waals surface area (Å²) in [6.07, 6.45) is 0.195. The molecule has 0 aliphatic carbocycles. The minimum atomic E-state index is -4.20. The zero-order valence-corrected chi connectivity index (χ0v) is 14.4. The second kappa shape index (κ2) is 7.57. The van der Waals surface area contributed by atoms with Crippen LogP contribution in [0.5, 0.6) is 0 Å². The number of rotatable bonds is 7. The Kier molecular flexibility index (Phi) is 5.74. The van der Waals surface area contributed by atoms with Gasteiger partial charge in [-0.15, -0.1) is 4.68 Å². The van der Waals surface area contributed by atoms with E-state index >= 15 is 0 Å². The van der Waals surface area contributed by atoms with Gasteiger partial charge >= 0.3 is 5.13 Å². The van der Waals surface area contributed by atoms with E-state index in [1.165, 1.54) is 16.0 Å². The van der Waals surface area contributed by atoms with Gasteiger partial charge in [-0.25, -0.2) is 8.42 Å². The van der Waals surface area contributed by atoms with Crippen molar-refractivity contribution in [2.45, 2.75) is 13.0 Å². The first-order valence-electron chi connectivity index (χ1n) is 6.81. The second-order valence-electron chi connectivity index (χ2n) is 4.97. The fourth-order valence-electron chi connectivity index (χ4n) is 1.78. The summed E-state index contributed by atoms with van der Waals surface area (Å²) in [5.41, 5.74) is 3.36. The number of azo groups is 1. The summed E-state index contributed by atoms with van der Waals surface area (Å²) in [4.78, 5) is 1.99. The average molecular weight is 355 g/mol. The molecule has 0 aliphatic heterocycles. The van der Waals surface area contributed by atoms with Gasteiger partial charge in [-0.1, -0.05) is 5.10 Å². The van der Waals surface area contributed by atoms with Crippen molar-refractivity contribution in [3.8, 4) is 0 Å². The highest BCUT2D eigenvalue weighted by Crippen LogP contribution is 2.21. The Morgan fingerprint density at radius 2 is 1.96 bits per heavy atom. The standard InChI is InChI=1S/C13H17N5O3S2/c1-17(2)12-6-4-11(5-7-12)15-16-13-18(14-10-22-13)8-3-9-23(19,20)21/h4-7,10H,3,8-9H2,1-2H3. The van der Waals surface area contributed by atoms with E-state index in [9.17, 15) is 13.0 Å². The van der Waals surface area contributed by atoms with Crippen LogP contribution in [0, 0.1) is 0 Å². The molecule has 2 aromatic rings. The van der Waals surface area contributed by atoms with Crippen molar-refractivity contribution in [2.24, 2.45) is 10.2 Å². The van der Waals surface area contributed by atoms with Gasteiger partial charge in [0, 0.05) is 32.0 Å². The van der Waals surface area contributed by atoms with Gasteiger partial charge in [0.2, 0.25) is 0 Å². The molecule has 0 fully saturated rings. The third-order valence-electron chi connectivity index (χ3n) is 2.95. The van der Waals surface area contributed by atoms with Crippen LogP contribution in [0.2, 0.25) is 0 Å². The highest BCUT2D eigenvalue weighted by molar-refractivity contribution is 7.85. The molecular formula is C13H17N5O3S2. The molecule has 10 heteroatoms. The molecule has 1 heterocycles. The smallest absolute Gasteiger partial charge is 0.430 e. The Bertz CT molecular complexity index is 769. The van der Waals surface area contributed by atoms with E-state index in [2.05, 4.69) is 15.3 Å². The van der Waals surface area contributed by atoms with Crippen LogP contribution in [0.4, 0.5) is 16.5 Å². The Labute approximate surface area is 138 Å². The first kappa shape index (κ1) is 17.4. The van der Waals surface area contributed by atoms with Crippen molar-refractivity contribution in [1.29, 1.82) is 0 Å². The lowest BCUT2D eigenvalue weighted by molar-refractivity contribution is -0.737. The van der Waals surface area contributed by atoms with Crippen molar-refractivity contribution in [3.05, 3.63) is 29.8 Å². The highest BCUT2D eigenvalue weighted by atomic mass is 32.2. The zero-order valence-electron chi connectivity index (χ0n) is 12.8. The number of aryl methyl sites for hydroxylation is 1. The maximum Gasteiger partial charge on any atom is 0.430 e. The number of hydrogen-bond donors (Lipinski definition) is 0. The van der Waals surface area contributed by atoms with Crippen LogP contribution in [0.15, 0.2) is 40.0 Å². The molecule has 0 saturated carbocycles. The zero-order chi connectivity index (χ0) is 16.9. The Morgan fingerprint density at radius 3 is 2.57 bits per heavy atom. The van der Waals surface area contributed by atoms with Gasteiger partial charge in [0.25, 0.3) is 0 Å². The monoisotopic (exact) mass is 355 g/mol. The van der Waals surface area contributed by atoms with Crippen LogP contribution in [0.3, 0.4) is 0 Å². The highest BCUT2D eigenvalue weighted by Gasteiger charge is 2.14. The number of aromatic nitrogens is 2. The van der Waals surface area contributed by atoms with Crippen LogP contribution in [0.25, 0.3) is 0 Å². The molecule has 124 valence electrons. The van der Waals surface area contributed by atoms with E-state index in [1.807, 2.05) is 43.3 Å². The van der Waals surface area contributed by atoms with Crippen LogP contribution in [-0.4, -0.2) is 37.9 Å². The minimum Gasteiger partial charge on any atom is -0.748 e. The molecule has 0 spiro atoms. The van der Waals surface area contributed by atoms with Crippen LogP contribution >= 0.6 is 11.3 Å². The molecule has 0 radical (unpaired) electrons. The third kappa shape index (κ3) is 5.66. The fraction of sp³-hybridized carbons (Fsp3) is 0.385. The van der Waals surface area contributed by atoms with E-state index in [4.69, 9.17) is 0 Å². The van der Waals surface area contributed by atoms with Crippen molar-refractivity contribution < 1.29 is 17.7 Å². The summed E-state index contributed by atoms with van der Waals surface area (Å²) in [6, 6.07) is 7.59. The maximum atomic E-state index is 10.6. The third-order valence-corrected chi connectivity index (χ3v) is 4.44. The van der Waals surface area contributed by atoms with Crippen molar-refractivity contribution in [1.82, 2.24) is 5.10 Å². The van der Waals surface area contributed by atoms with Gasteiger partial charge in [-0.05, 0) is 40.7 Å². The number of hydrogen-bond acceptors (Lipinski definition) is 8. The molecule has 2 rings (SSSR count). The summed E-state index contributed by atoms with van der Waals surface area (Å²) in [5.74, 6) is -0.417. The minimum absolute atomic E-state index is 0.195. The summed E-state index contributed by atoms with van der Waals surface area (Å²) < 4.78 is 33.3. The first-order chi connectivity index (χ1) is 10.8. The quantitative estimate of drug-likeness (QED) is 0.428.